The summed E-state index contributed by atoms with van der Waals surface area (Å²) in [5, 5.41) is 0.424. The first-order valence-corrected chi connectivity index (χ1v) is 12.4. The van der Waals surface area contributed by atoms with E-state index in [0.29, 0.717) is 30.2 Å². The van der Waals surface area contributed by atoms with E-state index in [-0.39, 0.29) is 35.6 Å². The predicted molar refractivity (Wildman–Crippen MR) is 142 cm³/mol. The van der Waals surface area contributed by atoms with E-state index in [4.69, 9.17) is 42.1 Å². The Morgan fingerprint density at radius 2 is 1.70 bits per heavy atom. The lowest BCUT2D eigenvalue weighted by Crippen LogP contribution is -2.31. The van der Waals surface area contributed by atoms with Gasteiger partial charge < -0.3 is 23.5 Å². The monoisotopic (exact) mass is 548 g/mol. The van der Waals surface area contributed by atoms with E-state index >= 15 is 0 Å². The Morgan fingerprint density at radius 1 is 0.973 bits per heavy atom. The lowest BCUT2D eigenvalue weighted by Gasteiger charge is -2.23. The van der Waals surface area contributed by atoms with Crippen molar-refractivity contribution < 1.29 is 28.5 Å². The minimum Gasteiger partial charge on any atom is -0.497 e. The zero-order valence-corrected chi connectivity index (χ0v) is 22.8. The van der Waals surface area contributed by atoms with Crippen molar-refractivity contribution >= 4 is 35.1 Å². The summed E-state index contributed by atoms with van der Waals surface area (Å²) in [6.07, 6.45) is 0. The zero-order chi connectivity index (χ0) is 26.9. The quantitative estimate of drug-likeness (QED) is 0.287. The normalized spacial score (nSPS) is 10.9. The number of ether oxygens (including phenoxy) is 4. The number of aromatic nitrogens is 1. The van der Waals surface area contributed by atoms with Crippen molar-refractivity contribution in [2.24, 2.45) is 0 Å². The predicted octanol–water partition coefficient (Wildman–Crippen LogP) is 5.21. The Hall–Kier alpha value is -3.20. The molecule has 0 atom stereocenters. The van der Waals surface area contributed by atoms with E-state index < -0.39 is 11.9 Å². The fourth-order valence-corrected chi connectivity index (χ4v) is 4.51. The van der Waals surface area contributed by atoms with Gasteiger partial charge in [0.1, 0.15) is 22.3 Å². The summed E-state index contributed by atoms with van der Waals surface area (Å²) in [5.41, 5.74) is 2.40. The topological polar surface area (TPSA) is 79.2 Å². The van der Waals surface area contributed by atoms with Gasteiger partial charge in [0.2, 0.25) is 0 Å². The maximum absolute atomic E-state index is 12.9. The molecule has 1 heterocycles. The van der Waals surface area contributed by atoms with Gasteiger partial charge in [-0.3, -0.25) is 9.69 Å². The SMILES string of the molecule is CCOC(=O)CN(Cc1ccc(OC)cc1OC)Cc1c(Cl)c(Cl)n(Cc2ccccc2)c1C(=O)OC. The van der Waals surface area contributed by atoms with Gasteiger partial charge in [-0.05, 0) is 18.6 Å². The Morgan fingerprint density at radius 3 is 2.32 bits per heavy atom. The first-order chi connectivity index (χ1) is 17.8. The highest BCUT2D eigenvalue weighted by molar-refractivity contribution is 6.42. The molecule has 8 nitrogen and oxygen atoms in total. The fourth-order valence-electron chi connectivity index (χ4n) is 4.00. The van der Waals surface area contributed by atoms with Gasteiger partial charge in [0, 0.05) is 36.8 Å². The lowest BCUT2D eigenvalue weighted by atomic mass is 10.1. The molecule has 0 saturated heterocycles. The summed E-state index contributed by atoms with van der Waals surface area (Å²) in [7, 11) is 4.43. The molecule has 0 N–H and O–H groups in total. The van der Waals surface area contributed by atoms with Crippen LogP contribution in [0.25, 0.3) is 0 Å². The van der Waals surface area contributed by atoms with E-state index in [1.54, 1.807) is 42.7 Å². The summed E-state index contributed by atoms with van der Waals surface area (Å²) in [5.74, 6) is 0.226. The van der Waals surface area contributed by atoms with Crippen LogP contribution in [0, 0.1) is 0 Å². The van der Waals surface area contributed by atoms with Gasteiger partial charge in [-0.25, -0.2) is 4.79 Å². The maximum atomic E-state index is 12.9. The molecule has 2 aromatic carbocycles. The smallest absolute Gasteiger partial charge is 0.355 e. The van der Waals surface area contributed by atoms with Gasteiger partial charge in [0.05, 0.1) is 39.5 Å². The standard InChI is InChI=1S/C27H30Cl2N2O6/c1-5-37-23(32)17-30(15-19-11-12-20(34-2)13-22(19)35-3)16-21-24(28)26(29)31(25(21)27(33)36-4)14-18-9-7-6-8-10-18/h6-13H,5,14-17H2,1-4H3. The third-order valence-corrected chi connectivity index (χ3v) is 6.63. The van der Waals surface area contributed by atoms with Crippen LogP contribution in [0.4, 0.5) is 0 Å². The first kappa shape index (κ1) is 28.4. The molecule has 0 saturated carbocycles. The molecular formula is C27H30Cl2N2O6. The second-order valence-corrected chi connectivity index (χ2v) is 8.86. The number of nitrogens with zero attached hydrogens (tertiary/aromatic N) is 2. The first-order valence-electron chi connectivity index (χ1n) is 11.6. The summed E-state index contributed by atoms with van der Waals surface area (Å²) in [4.78, 5) is 27.2. The van der Waals surface area contributed by atoms with Crippen LogP contribution in [0.5, 0.6) is 11.5 Å². The third kappa shape index (κ3) is 6.97. The highest BCUT2D eigenvalue weighted by atomic mass is 35.5. The maximum Gasteiger partial charge on any atom is 0.355 e. The Labute approximate surface area is 226 Å². The Kier molecular flexibility index (Phi) is 10.3. The number of hydrogen-bond acceptors (Lipinski definition) is 7. The number of methoxy groups -OCH3 is 3. The van der Waals surface area contributed by atoms with Gasteiger partial charge in [-0.2, -0.15) is 0 Å². The Balaban J connectivity index is 2.03. The number of benzene rings is 2. The van der Waals surface area contributed by atoms with E-state index in [0.717, 1.165) is 11.1 Å². The number of hydrogen-bond donors (Lipinski definition) is 0. The van der Waals surface area contributed by atoms with Crippen LogP contribution in [0.2, 0.25) is 10.2 Å². The second kappa shape index (κ2) is 13.4. The third-order valence-electron chi connectivity index (χ3n) is 5.73. The Bertz CT molecular complexity index is 1230. The van der Waals surface area contributed by atoms with Gasteiger partial charge in [0.25, 0.3) is 0 Å². The molecule has 0 aliphatic rings. The van der Waals surface area contributed by atoms with Crippen LogP contribution in [0.1, 0.15) is 34.1 Å². The molecule has 3 aromatic rings. The molecule has 1 aromatic heterocycles. The van der Waals surface area contributed by atoms with Crippen molar-refractivity contribution in [3.63, 3.8) is 0 Å². The van der Waals surface area contributed by atoms with E-state index in [1.165, 1.54) is 7.11 Å². The van der Waals surface area contributed by atoms with Crippen LogP contribution in [-0.4, -0.2) is 55.9 Å². The molecule has 198 valence electrons. The van der Waals surface area contributed by atoms with Crippen LogP contribution >= 0.6 is 23.2 Å². The summed E-state index contributed by atoms with van der Waals surface area (Å²) >= 11 is 13.3. The molecule has 0 aliphatic carbocycles. The van der Waals surface area contributed by atoms with Crippen molar-refractivity contribution in [2.75, 3.05) is 34.5 Å². The van der Waals surface area contributed by atoms with Gasteiger partial charge in [-0.1, -0.05) is 59.6 Å². The van der Waals surface area contributed by atoms with Crippen molar-refractivity contribution in [3.8, 4) is 11.5 Å². The number of halogens is 2. The van der Waals surface area contributed by atoms with E-state index in [9.17, 15) is 9.59 Å². The number of esters is 2. The second-order valence-electron chi connectivity index (χ2n) is 8.12. The highest BCUT2D eigenvalue weighted by Crippen LogP contribution is 2.35. The largest absolute Gasteiger partial charge is 0.497 e. The van der Waals surface area contributed by atoms with Crippen LogP contribution in [0.3, 0.4) is 0 Å². The van der Waals surface area contributed by atoms with Crippen LogP contribution < -0.4 is 9.47 Å². The van der Waals surface area contributed by atoms with Gasteiger partial charge in [-0.15, -0.1) is 0 Å². The molecular weight excluding hydrogens is 519 g/mol. The number of carbonyl (C=O) groups is 2. The molecule has 0 aliphatic heterocycles. The van der Waals surface area contributed by atoms with Crippen LogP contribution in [-0.2, 0) is 33.9 Å². The summed E-state index contributed by atoms with van der Waals surface area (Å²) in [6, 6.07) is 15.0. The fraction of sp³-hybridized carbons (Fsp3) is 0.333. The lowest BCUT2D eigenvalue weighted by molar-refractivity contribution is -0.144. The minimum absolute atomic E-state index is 0.0541. The molecule has 10 heteroatoms. The molecule has 0 fully saturated rings. The van der Waals surface area contributed by atoms with Crippen molar-refractivity contribution in [1.29, 1.82) is 0 Å². The summed E-state index contributed by atoms with van der Waals surface area (Å²) < 4.78 is 22.7. The molecule has 0 radical (unpaired) electrons. The highest BCUT2D eigenvalue weighted by Gasteiger charge is 2.28. The van der Waals surface area contributed by atoms with E-state index in [2.05, 4.69) is 0 Å². The summed E-state index contributed by atoms with van der Waals surface area (Å²) in [6.45, 7) is 2.66. The van der Waals surface area contributed by atoms with Crippen molar-refractivity contribution in [1.82, 2.24) is 9.47 Å². The van der Waals surface area contributed by atoms with Crippen molar-refractivity contribution in [3.05, 3.63) is 81.1 Å². The molecule has 0 amide bonds. The molecule has 0 spiro atoms. The van der Waals surface area contributed by atoms with Crippen LogP contribution in [0.15, 0.2) is 48.5 Å². The molecule has 3 rings (SSSR count). The van der Waals surface area contributed by atoms with E-state index in [1.807, 2.05) is 36.4 Å². The molecule has 0 bridgehead atoms. The zero-order valence-electron chi connectivity index (χ0n) is 21.3. The molecule has 0 unspecified atom stereocenters. The molecule has 37 heavy (non-hydrogen) atoms. The van der Waals surface area contributed by atoms with Gasteiger partial charge in [0.15, 0.2) is 0 Å². The number of carbonyl (C=O) groups excluding carboxylic acids is 2. The number of rotatable bonds is 12. The van der Waals surface area contributed by atoms with Crippen molar-refractivity contribution in [2.45, 2.75) is 26.6 Å². The van der Waals surface area contributed by atoms with Gasteiger partial charge >= 0.3 is 11.9 Å². The minimum atomic E-state index is -0.585. The average Bonchev–Trinajstić information content (AvgIpc) is 3.13. The average molecular weight is 549 g/mol.